The molecule has 0 saturated heterocycles. The van der Waals surface area contributed by atoms with Crippen LogP contribution in [0.25, 0.3) is 0 Å². The van der Waals surface area contributed by atoms with Crippen LogP contribution >= 0.6 is 0 Å². The second-order valence-electron chi connectivity index (χ2n) is 6.13. The van der Waals surface area contributed by atoms with Gasteiger partial charge in [0.25, 0.3) is 0 Å². The van der Waals surface area contributed by atoms with E-state index in [1.54, 1.807) is 0 Å². The SMILES string of the molecule is CC(CC1CCC(C2=C/C=C\C=C/C=C\C=C/C=C\2)C1)N=O. The molecule has 2 nitrogen and oxygen atoms in total. The second-order valence-corrected chi connectivity index (χ2v) is 6.13. The van der Waals surface area contributed by atoms with Gasteiger partial charge in [0.15, 0.2) is 0 Å². The van der Waals surface area contributed by atoms with Gasteiger partial charge in [-0.3, -0.25) is 0 Å². The van der Waals surface area contributed by atoms with Gasteiger partial charge in [-0.2, -0.15) is 4.91 Å². The molecule has 2 rings (SSSR count). The fourth-order valence-corrected chi connectivity index (χ4v) is 3.23. The van der Waals surface area contributed by atoms with Crippen molar-refractivity contribution in [2.24, 2.45) is 17.0 Å². The van der Waals surface area contributed by atoms with Crippen LogP contribution in [0.3, 0.4) is 0 Å². The summed E-state index contributed by atoms with van der Waals surface area (Å²) in [5.74, 6) is 1.23. The van der Waals surface area contributed by atoms with Crippen molar-refractivity contribution in [3.63, 3.8) is 0 Å². The summed E-state index contributed by atoms with van der Waals surface area (Å²) in [5.41, 5.74) is 1.38. The van der Waals surface area contributed by atoms with Gasteiger partial charge in [0, 0.05) is 0 Å². The third kappa shape index (κ3) is 5.44. The first-order valence-corrected chi connectivity index (χ1v) is 8.17. The molecule has 0 aromatic heterocycles. The molecule has 2 aliphatic rings. The second kappa shape index (κ2) is 9.14. The Morgan fingerprint density at radius 1 is 1.00 bits per heavy atom. The normalized spacial score (nSPS) is 36.0. The van der Waals surface area contributed by atoms with Crippen molar-refractivity contribution in [1.82, 2.24) is 0 Å². The van der Waals surface area contributed by atoms with E-state index in [2.05, 4.69) is 41.6 Å². The van der Waals surface area contributed by atoms with Gasteiger partial charge in [-0.05, 0) is 50.0 Å². The van der Waals surface area contributed by atoms with Crippen molar-refractivity contribution in [3.8, 4) is 0 Å². The molecule has 22 heavy (non-hydrogen) atoms. The Morgan fingerprint density at radius 3 is 2.32 bits per heavy atom. The summed E-state index contributed by atoms with van der Waals surface area (Å²) in [6.45, 7) is 1.92. The number of nitroso groups, excluding NO2 is 1. The molecule has 2 aliphatic carbocycles. The maximum Gasteiger partial charge on any atom is 0.0894 e. The molecule has 3 unspecified atom stereocenters. The fraction of sp³-hybridized carbons (Fsp3) is 0.400. The minimum absolute atomic E-state index is 0.0515. The van der Waals surface area contributed by atoms with Crippen molar-refractivity contribution in [1.29, 1.82) is 0 Å². The van der Waals surface area contributed by atoms with Crippen LogP contribution in [0.2, 0.25) is 0 Å². The van der Waals surface area contributed by atoms with Crippen LogP contribution < -0.4 is 0 Å². The Labute approximate surface area is 133 Å². The van der Waals surface area contributed by atoms with E-state index in [0.29, 0.717) is 11.8 Å². The van der Waals surface area contributed by atoms with Crippen molar-refractivity contribution in [2.75, 3.05) is 0 Å². The number of rotatable bonds is 4. The van der Waals surface area contributed by atoms with Crippen LogP contribution in [-0.2, 0) is 0 Å². The topological polar surface area (TPSA) is 29.4 Å². The summed E-state index contributed by atoms with van der Waals surface area (Å²) in [6, 6.07) is -0.0515. The Hall–Kier alpha value is -1.96. The van der Waals surface area contributed by atoms with Crippen molar-refractivity contribution in [2.45, 2.75) is 38.6 Å². The number of hydrogen-bond donors (Lipinski definition) is 0. The molecule has 2 heteroatoms. The summed E-state index contributed by atoms with van der Waals surface area (Å²) in [5, 5.41) is 3.15. The number of nitrogens with zero attached hydrogens (tertiary/aromatic N) is 1. The zero-order valence-corrected chi connectivity index (χ0v) is 13.3. The zero-order valence-electron chi connectivity index (χ0n) is 13.3. The first-order valence-electron chi connectivity index (χ1n) is 8.17. The van der Waals surface area contributed by atoms with Gasteiger partial charge >= 0.3 is 0 Å². The summed E-state index contributed by atoms with van der Waals surface area (Å²) in [7, 11) is 0. The third-order valence-corrected chi connectivity index (χ3v) is 4.33. The fourth-order valence-electron chi connectivity index (χ4n) is 3.23. The Balaban J connectivity index is 2.03. The van der Waals surface area contributed by atoms with Crippen LogP contribution in [0.1, 0.15) is 32.6 Å². The van der Waals surface area contributed by atoms with E-state index in [-0.39, 0.29) is 6.04 Å². The smallest absolute Gasteiger partial charge is 0.0894 e. The van der Waals surface area contributed by atoms with Crippen LogP contribution in [0, 0.1) is 16.7 Å². The van der Waals surface area contributed by atoms with Crippen LogP contribution in [0.4, 0.5) is 0 Å². The molecule has 3 atom stereocenters. The highest BCUT2D eigenvalue weighted by atomic mass is 16.3. The van der Waals surface area contributed by atoms with Crippen molar-refractivity contribution < 1.29 is 0 Å². The lowest BCUT2D eigenvalue weighted by Crippen LogP contribution is -2.06. The van der Waals surface area contributed by atoms with Gasteiger partial charge in [-0.15, -0.1) is 0 Å². The Bertz CT molecular complexity index is 534. The molecule has 1 saturated carbocycles. The number of allylic oxidation sites excluding steroid dienone is 12. The van der Waals surface area contributed by atoms with Gasteiger partial charge in [0.1, 0.15) is 0 Å². The van der Waals surface area contributed by atoms with E-state index in [9.17, 15) is 4.91 Å². The summed E-state index contributed by atoms with van der Waals surface area (Å²) in [4.78, 5) is 10.6. The Kier molecular flexibility index (Phi) is 6.82. The van der Waals surface area contributed by atoms with Gasteiger partial charge in [-0.25, -0.2) is 0 Å². The Morgan fingerprint density at radius 2 is 1.64 bits per heavy atom. The van der Waals surface area contributed by atoms with Crippen molar-refractivity contribution in [3.05, 3.63) is 77.3 Å². The van der Waals surface area contributed by atoms with Gasteiger partial charge in [-0.1, -0.05) is 72.0 Å². The number of hydrogen-bond acceptors (Lipinski definition) is 2. The molecule has 1 fully saturated rings. The lowest BCUT2D eigenvalue weighted by atomic mass is 9.93. The third-order valence-electron chi connectivity index (χ3n) is 4.33. The highest BCUT2D eigenvalue weighted by molar-refractivity contribution is 5.32. The molecular formula is C20H25NO. The highest BCUT2D eigenvalue weighted by Gasteiger charge is 2.27. The minimum atomic E-state index is -0.0515. The molecule has 0 amide bonds. The molecule has 0 heterocycles. The summed E-state index contributed by atoms with van der Waals surface area (Å²) >= 11 is 0. The minimum Gasteiger partial charge on any atom is -0.151 e. The van der Waals surface area contributed by atoms with E-state index in [1.807, 2.05) is 37.3 Å². The molecule has 0 radical (unpaired) electrons. The zero-order chi connectivity index (χ0) is 15.6. The molecule has 0 N–H and O–H groups in total. The summed E-state index contributed by atoms with van der Waals surface area (Å²) < 4.78 is 0. The maximum absolute atomic E-state index is 10.6. The van der Waals surface area contributed by atoms with Crippen LogP contribution in [0.5, 0.6) is 0 Å². The van der Waals surface area contributed by atoms with Crippen LogP contribution in [-0.4, -0.2) is 6.04 Å². The predicted molar refractivity (Wildman–Crippen MR) is 94.5 cm³/mol. The first-order chi connectivity index (χ1) is 10.8. The van der Waals surface area contributed by atoms with E-state index in [0.717, 1.165) is 6.42 Å². The van der Waals surface area contributed by atoms with Crippen molar-refractivity contribution >= 4 is 0 Å². The molecule has 0 aromatic carbocycles. The van der Waals surface area contributed by atoms with E-state index >= 15 is 0 Å². The quantitative estimate of drug-likeness (QED) is 0.614. The molecule has 0 aliphatic heterocycles. The molecular weight excluding hydrogens is 270 g/mol. The van der Waals surface area contributed by atoms with Gasteiger partial charge in [0.05, 0.1) is 6.04 Å². The molecule has 0 spiro atoms. The average Bonchev–Trinajstić information content (AvgIpc) is 2.96. The standard InChI is InChI=1S/C20H25NO/c1-17(21-22)15-18-13-14-20(16-18)19-11-9-7-5-3-2-4-6-8-10-12-19/h2-12,17-18,20H,13-16H2,1H3/b3-2-,4-2?,5-3?,6-4-,7-5-,8-6?,9-7?,10-8-,11-9-,12-10?,19-11?,19-12+. The molecule has 116 valence electrons. The lowest BCUT2D eigenvalue weighted by Gasteiger charge is -2.13. The van der Waals surface area contributed by atoms with E-state index < -0.39 is 0 Å². The predicted octanol–water partition coefficient (Wildman–Crippen LogP) is 5.67. The monoisotopic (exact) mass is 295 g/mol. The average molecular weight is 295 g/mol. The molecule has 0 aromatic rings. The molecule has 0 bridgehead atoms. The first kappa shape index (κ1) is 16.4. The van der Waals surface area contributed by atoms with Gasteiger partial charge in [0.2, 0.25) is 0 Å². The van der Waals surface area contributed by atoms with E-state index in [1.165, 1.54) is 24.8 Å². The summed E-state index contributed by atoms with van der Waals surface area (Å²) in [6.07, 6.45) is 27.4. The lowest BCUT2D eigenvalue weighted by molar-refractivity contribution is 0.447. The largest absolute Gasteiger partial charge is 0.151 e. The van der Waals surface area contributed by atoms with Crippen LogP contribution in [0.15, 0.2) is 77.6 Å². The van der Waals surface area contributed by atoms with E-state index in [4.69, 9.17) is 0 Å². The van der Waals surface area contributed by atoms with Gasteiger partial charge < -0.3 is 0 Å². The maximum atomic E-state index is 10.6. The highest BCUT2D eigenvalue weighted by Crippen LogP contribution is 2.38.